The van der Waals surface area contributed by atoms with Crippen molar-refractivity contribution in [1.29, 1.82) is 0 Å². The van der Waals surface area contributed by atoms with Gasteiger partial charge in [0.25, 0.3) is 0 Å². The van der Waals surface area contributed by atoms with Gasteiger partial charge in [-0.05, 0) is 32.3 Å². The van der Waals surface area contributed by atoms with Gasteiger partial charge in [0.2, 0.25) is 0 Å². The third-order valence-corrected chi connectivity index (χ3v) is 10.7. The lowest BCUT2D eigenvalue weighted by atomic mass is 9.94. The Hall–Kier alpha value is -1.20. The number of rotatable bonds is 0. The molecule has 0 amide bonds. The molecule has 4 aromatic rings. The van der Waals surface area contributed by atoms with Gasteiger partial charge in [0.1, 0.15) is 0 Å². The summed E-state index contributed by atoms with van der Waals surface area (Å²) >= 11 is 8.03. The zero-order valence-corrected chi connectivity index (χ0v) is 17.1. The van der Waals surface area contributed by atoms with Crippen molar-refractivity contribution in [2.45, 2.75) is 0 Å². The molecule has 0 atom stereocenters. The lowest BCUT2D eigenvalue weighted by Crippen LogP contribution is -2.07. The molecule has 0 aromatic heterocycles. The number of hydrogen-bond donors (Lipinski definition) is 0. The maximum atomic E-state index is 2.31. The fraction of sp³-hybridized carbons (Fsp3) is 0.0909. The summed E-state index contributed by atoms with van der Waals surface area (Å²) in [4.78, 5) is 0. The first kappa shape index (κ1) is 15.8. The third kappa shape index (κ3) is 2.29. The molecule has 0 nitrogen and oxygen atoms in total. The van der Waals surface area contributed by atoms with Crippen molar-refractivity contribution in [1.82, 2.24) is 0 Å². The topological polar surface area (TPSA) is 0 Å². The van der Waals surface area contributed by atoms with Gasteiger partial charge in [0.15, 0.2) is 0 Å². The minimum Gasteiger partial charge on any atom is -0.116 e. The fourth-order valence-corrected chi connectivity index (χ4v) is 9.98. The van der Waals surface area contributed by atoms with E-state index in [-0.39, 0.29) is 0 Å². The number of benzene rings is 4. The summed E-state index contributed by atoms with van der Waals surface area (Å²) in [6.45, 7) is 0. The van der Waals surface area contributed by atoms with Crippen molar-refractivity contribution in [3.63, 3.8) is 0 Å². The first-order valence-electron chi connectivity index (χ1n) is 8.62. The first-order valence-corrected chi connectivity index (χ1v) is 12.2. The second kappa shape index (κ2) is 6.16. The molecule has 0 radical (unpaired) electrons. The van der Waals surface area contributed by atoms with Crippen LogP contribution in [-0.2, 0) is 0 Å². The van der Waals surface area contributed by atoms with Gasteiger partial charge >= 0.3 is 0 Å². The summed E-state index contributed by atoms with van der Waals surface area (Å²) in [5.74, 6) is 2.46. The molecule has 0 unspecified atom stereocenters. The van der Waals surface area contributed by atoms with E-state index in [0.717, 1.165) is 0 Å². The smallest absolute Gasteiger partial charge is 0.0660 e. The lowest BCUT2D eigenvalue weighted by Gasteiger charge is -2.12. The Balaban J connectivity index is 1.81. The Bertz CT molecular complexity index is 1260. The highest BCUT2D eigenvalue weighted by Gasteiger charge is 2.26. The van der Waals surface area contributed by atoms with Crippen molar-refractivity contribution in [2.24, 2.45) is 0 Å². The van der Waals surface area contributed by atoms with Gasteiger partial charge in [-0.2, -0.15) is 0 Å². The van der Waals surface area contributed by atoms with E-state index in [1.807, 2.05) is 47.0 Å². The van der Waals surface area contributed by atoms with E-state index < -0.39 is 0 Å². The highest BCUT2D eigenvalue weighted by Crippen LogP contribution is 2.60. The molecule has 26 heavy (non-hydrogen) atoms. The molecule has 4 heteroatoms. The van der Waals surface area contributed by atoms with Crippen LogP contribution < -0.4 is 5.22 Å². The van der Waals surface area contributed by atoms with E-state index in [4.69, 9.17) is 0 Å². The van der Waals surface area contributed by atoms with E-state index in [2.05, 4.69) is 60.7 Å². The number of thioether (sulfide) groups is 4. The quantitative estimate of drug-likeness (QED) is 0.227. The molecule has 4 aromatic carbocycles. The van der Waals surface area contributed by atoms with E-state index in [9.17, 15) is 0 Å². The molecule has 0 aliphatic carbocycles. The van der Waals surface area contributed by atoms with Crippen LogP contribution in [0.25, 0.3) is 36.6 Å². The van der Waals surface area contributed by atoms with Crippen LogP contribution in [0.3, 0.4) is 0 Å². The molecule has 0 bridgehead atoms. The highest BCUT2D eigenvalue weighted by molar-refractivity contribution is 8.46. The number of hydrogen-bond acceptors (Lipinski definition) is 4. The molecular formula is C22H14S4. The van der Waals surface area contributed by atoms with Crippen LogP contribution in [0.1, 0.15) is 0 Å². The van der Waals surface area contributed by atoms with Crippen LogP contribution in [0.4, 0.5) is 0 Å². The van der Waals surface area contributed by atoms with Crippen molar-refractivity contribution >= 4 is 83.6 Å². The second-order valence-electron chi connectivity index (χ2n) is 6.39. The molecule has 2 heterocycles. The fourth-order valence-electron chi connectivity index (χ4n) is 3.89. The second-order valence-corrected chi connectivity index (χ2v) is 11.4. The Morgan fingerprint density at radius 1 is 0.538 bits per heavy atom. The van der Waals surface area contributed by atoms with Crippen LogP contribution in [0.5, 0.6) is 0 Å². The largest absolute Gasteiger partial charge is 0.116 e. The van der Waals surface area contributed by atoms with Gasteiger partial charge < -0.3 is 0 Å². The van der Waals surface area contributed by atoms with Crippen molar-refractivity contribution < 1.29 is 0 Å². The lowest BCUT2D eigenvalue weighted by molar-refractivity contribution is 1.56. The Morgan fingerprint density at radius 2 is 1.15 bits per heavy atom. The van der Waals surface area contributed by atoms with Gasteiger partial charge in [0, 0.05) is 16.7 Å². The normalized spacial score (nSPS) is 17.6. The molecule has 6 rings (SSSR count). The minimum atomic E-state index is 1.23. The molecule has 0 N–H and O–H groups in total. The standard InChI is InChI=1S/C22H14S4/c1-2-8-16-14(7-1)15-9-3-5-13-6-4-10-17(18(13)15)19(16)20-25-21-22(26-20)24-12-11-23-21/h1-10H,11-12H2. The Labute approximate surface area is 168 Å². The van der Waals surface area contributed by atoms with Gasteiger partial charge in [-0.25, -0.2) is 0 Å². The molecule has 0 saturated heterocycles. The SMILES string of the molecule is c1ccc2c(c1)c(=C1SC3=C(SCCS3)S1)c1cccc3cccc2c31. The van der Waals surface area contributed by atoms with Gasteiger partial charge in [-0.3, -0.25) is 0 Å². The van der Waals surface area contributed by atoms with Crippen LogP contribution in [0, 0.1) is 0 Å². The molecule has 2 aliphatic rings. The Kier molecular flexibility index (Phi) is 3.75. The van der Waals surface area contributed by atoms with E-state index in [1.165, 1.54) is 61.8 Å². The van der Waals surface area contributed by atoms with E-state index >= 15 is 0 Å². The Morgan fingerprint density at radius 3 is 1.88 bits per heavy atom. The summed E-state index contributed by atoms with van der Waals surface area (Å²) in [6, 6.07) is 22.4. The van der Waals surface area contributed by atoms with Gasteiger partial charge in [-0.15, -0.1) is 23.5 Å². The van der Waals surface area contributed by atoms with Crippen LogP contribution in [0.15, 0.2) is 69.1 Å². The van der Waals surface area contributed by atoms with Crippen LogP contribution in [0.2, 0.25) is 0 Å². The summed E-state index contributed by atoms with van der Waals surface area (Å²) in [7, 11) is 0. The molecule has 0 spiro atoms. The maximum Gasteiger partial charge on any atom is 0.0660 e. The molecule has 126 valence electrons. The first-order chi connectivity index (χ1) is 12.9. The summed E-state index contributed by atoms with van der Waals surface area (Å²) in [5.41, 5.74) is 0. The summed E-state index contributed by atoms with van der Waals surface area (Å²) < 4.78 is 4.47. The molecule has 0 saturated carbocycles. The van der Waals surface area contributed by atoms with Gasteiger partial charge in [-0.1, -0.05) is 84.2 Å². The van der Waals surface area contributed by atoms with Gasteiger partial charge in [0.05, 0.1) is 12.7 Å². The van der Waals surface area contributed by atoms with Crippen molar-refractivity contribution in [3.05, 3.63) is 74.4 Å². The third-order valence-electron chi connectivity index (χ3n) is 4.95. The van der Waals surface area contributed by atoms with Crippen molar-refractivity contribution in [2.75, 3.05) is 11.5 Å². The predicted molar refractivity (Wildman–Crippen MR) is 125 cm³/mol. The zero-order chi connectivity index (χ0) is 17.1. The number of fused-ring (bicyclic) bond motifs is 2. The average molecular weight is 407 g/mol. The van der Waals surface area contributed by atoms with Crippen LogP contribution >= 0.6 is 47.0 Å². The molecular weight excluding hydrogens is 393 g/mol. The monoisotopic (exact) mass is 406 g/mol. The summed E-state index contributed by atoms with van der Waals surface area (Å²) in [5, 5.41) is 9.67. The van der Waals surface area contributed by atoms with E-state index in [1.54, 1.807) is 0 Å². The predicted octanol–water partition coefficient (Wildman–Crippen LogP) is 7.02. The maximum absolute atomic E-state index is 2.31. The van der Waals surface area contributed by atoms with Crippen molar-refractivity contribution in [3.8, 4) is 0 Å². The van der Waals surface area contributed by atoms with E-state index in [0.29, 0.717) is 0 Å². The molecule has 2 aliphatic heterocycles. The highest BCUT2D eigenvalue weighted by atomic mass is 32.3. The van der Waals surface area contributed by atoms with Crippen LogP contribution in [-0.4, -0.2) is 11.5 Å². The summed E-state index contributed by atoms with van der Waals surface area (Å²) in [6.07, 6.45) is 0. The zero-order valence-electron chi connectivity index (χ0n) is 13.8. The molecule has 0 fully saturated rings. The average Bonchev–Trinajstić information content (AvgIpc) is 3.12. The minimum absolute atomic E-state index is 1.23.